The van der Waals surface area contributed by atoms with Gasteiger partial charge < -0.3 is 4.90 Å². The first kappa shape index (κ1) is 20.6. The van der Waals surface area contributed by atoms with Crippen molar-refractivity contribution >= 4 is 15.9 Å². The quantitative estimate of drug-likeness (QED) is 0.742. The van der Waals surface area contributed by atoms with Crippen LogP contribution in [0.4, 0.5) is 0 Å². The van der Waals surface area contributed by atoms with Gasteiger partial charge in [0.2, 0.25) is 10.0 Å². The Hall–Kier alpha value is -2.69. The number of hydrogen-bond donors (Lipinski definition) is 1. The van der Waals surface area contributed by atoms with Crippen molar-refractivity contribution in [1.29, 1.82) is 5.26 Å². The molecule has 6 nitrogen and oxygen atoms in total. The third-order valence-corrected chi connectivity index (χ3v) is 5.88. The van der Waals surface area contributed by atoms with Crippen molar-refractivity contribution in [2.45, 2.75) is 31.2 Å². The van der Waals surface area contributed by atoms with Crippen LogP contribution in [0.3, 0.4) is 0 Å². The molecule has 0 aromatic heterocycles. The summed E-state index contributed by atoms with van der Waals surface area (Å²) in [5.41, 5.74) is 2.59. The van der Waals surface area contributed by atoms with Crippen LogP contribution in [0, 0.1) is 18.3 Å². The first-order chi connectivity index (χ1) is 12.8. The van der Waals surface area contributed by atoms with Gasteiger partial charge in [-0.1, -0.05) is 29.8 Å². The number of amides is 1. The molecule has 1 atom stereocenters. The number of sulfonamides is 1. The van der Waals surface area contributed by atoms with Crippen LogP contribution in [0.1, 0.15) is 40.9 Å². The Labute approximate surface area is 160 Å². The van der Waals surface area contributed by atoms with Crippen molar-refractivity contribution in [3.8, 4) is 6.07 Å². The highest BCUT2D eigenvalue weighted by Gasteiger charge is 2.20. The summed E-state index contributed by atoms with van der Waals surface area (Å²) in [5, 5.41) is 8.50. The molecule has 0 heterocycles. The molecule has 1 amide bonds. The maximum atomic E-state index is 12.7. The number of carbonyl (C=O) groups is 1. The van der Waals surface area contributed by atoms with E-state index in [0.717, 1.165) is 11.1 Å². The van der Waals surface area contributed by atoms with Crippen LogP contribution >= 0.6 is 0 Å². The van der Waals surface area contributed by atoms with E-state index in [-0.39, 0.29) is 29.8 Å². The molecule has 2 rings (SSSR count). The lowest BCUT2D eigenvalue weighted by molar-refractivity contribution is 0.0742. The van der Waals surface area contributed by atoms with Crippen LogP contribution in [0.2, 0.25) is 0 Å². The molecule has 0 bridgehead atoms. The normalized spacial score (nSPS) is 12.2. The van der Waals surface area contributed by atoms with Crippen LogP contribution < -0.4 is 4.72 Å². The van der Waals surface area contributed by atoms with Crippen molar-refractivity contribution < 1.29 is 13.2 Å². The lowest BCUT2D eigenvalue weighted by atomic mass is 10.0. The molecule has 27 heavy (non-hydrogen) atoms. The summed E-state index contributed by atoms with van der Waals surface area (Å²) < 4.78 is 26.6. The molecule has 1 unspecified atom stereocenters. The molecular weight excluding hydrogens is 362 g/mol. The third-order valence-electron chi connectivity index (χ3n) is 4.40. The van der Waals surface area contributed by atoms with E-state index in [1.54, 1.807) is 11.9 Å². The van der Waals surface area contributed by atoms with Crippen LogP contribution in [0.15, 0.2) is 53.4 Å². The van der Waals surface area contributed by atoms with Gasteiger partial charge in [0.05, 0.1) is 17.0 Å². The van der Waals surface area contributed by atoms with Crippen LogP contribution in [0.25, 0.3) is 0 Å². The number of aryl methyl sites for hydroxylation is 1. The van der Waals surface area contributed by atoms with E-state index in [4.69, 9.17) is 5.26 Å². The minimum Gasteiger partial charge on any atom is -0.335 e. The van der Waals surface area contributed by atoms with E-state index in [1.165, 1.54) is 24.3 Å². The molecule has 2 aromatic carbocycles. The molecule has 7 heteroatoms. The van der Waals surface area contributed by atoms with Gasteiger partial charge in [-0.05, 0) is 43.7 Å². The Morgan fingerprint density at radius 3 is 2.30 bits per heavy atom. The molecule has 0 spiro atoms. The van der Waals surface area contributed by atoms with Gasteiger partial charge >= 0.3 is 0 Å². The maximum Gasteiger partial charge on any atom is 0.254 e. The average Bonchev–Trinajstić information content (AvgIpc) is 2.67. The molecule has 0 radical (unpaired) electrons. The number of nitriles is 1. The van der Waals surface area contributed by atoms with Gasteiger partial charge in [-0.15, -0.1) is 0 Å². The molecule has 2 aromatic rings. The predicted molar refractivity (Wildman–Crippen MR) is 104 cm³/mol. The summed E-state index contributed by atoms with van der Waals surface area (Å²) in [5.74, 6) is -0.190. The van der Waals surface area contributed by atoms with Crippen molar-refractivity contribution in [3.63, 3.8) is 0 Å². The molecule has 0 aliphatic carbocycles. The van der Waals surface area contributed by atoms with Crippen molar-refractivity contribution in [1.82, 2.24) is 9.62 Å². The summed E-state index contributed by atoms with van der Waals surface area (Å²) in [6.07, 6.45) is 0.0947. The molecule has 142 valence electrons. The molecular formula is C20H23N3O3S. The second-order valence-corrected chi connectivity index (χ2v) is 8.10. The highest BCUT2D eigenvalue weighted by Crippen LogP contribution is 2.21. The van der Waals surface area contributed by atoms with E-state index in [1.807, 2.05) is 44.2 Å². The second kappa shape index (κ2) is 8.80. The minimum atomic E-state index is -3.68. The number of nitrogens with zero attached hydrogens (tertiary/aromatic N) is 2. The van der Waals surface area contributed by atoms with Gasteiger partial charge in [0.25, 0.3) is 5.91 Å². The van der Waals surface area contributed by atoms with Crippen molar-refractivity contribution in [2.75, 3.05) is 13.6 Å². The lowest BCUT2D eigenvalue weighted by Gasteiger charge is -2.25. The fourth-order valence-electron chi connectivity index (χ4n) is 2.55. The van der Waals surface area contributed by atoms with Gasteiger partial charge in [0, 0.05) is 25.6 Å². The third kappa shape index (κ3) is 5.16. The van der Waals surface area contributed by atoms with Crippen molar-refractivity contribution in [2.24, 2.45) is 0 Å². The van der Waals surface area contributed by atoms with Crippen LogP contribution in [-0.4, -0.2) is 32.8 Å². The molecule has 1 N–H and O–H groups in total. The fourth-order valence-corrected chi connectivity index (χ4v) is 3.58. The van der Waals surface area contributed by atoms with Gasteiger partial charge in [0.15, 0.2) is 0 Å². The molecule has 0 fully saturated rings. The molecule has 0 saturated heterocycles. The Morgan fingerprint density at radius 2 is 1.74 bits per heavy atom. The van der Waals surface area contributed by atoms with Crippen LogP contribution in [-0.2, 0) is 10.0 Å². The summed E-state index contributed by atoms with van der Waals surface area (Å²) >= 11 is 0. The largest absolute Gasteiger partial charge is 0.335 e. The Kier molecular flexibility index (Phi) is 6.72. The minimum absolute atomic E-state index is 0.0519. The van der Waals surface area contributed by atoms with E-state index in [2.05, 4.69) is 4.72 Å². The number of nitrogens with one attached hydrogen (secondary N) is 1. The van der Waals surface area contributed by atoms with E-state index in [9.17, 15) is 13.2 Å². The number of rotatable bonds is 7. The average molecular weight is 385 g/mol. The predicted octanol–water partition coefficient (Wildman–Crippen LogP) is 3.02. The topological polar surface area (TPSA) is 90.3 Å². The second-order valence-electron chi connectivity index (χ2n) is 6.33. The van der Waals surface area contributed by atoms with E-state index in [0.29, 0.717) is 5.56 Å². The summed E-state index contributed by atoms with van der Waals surface area (Å²) in [4.78, 5) is 14.4. The maximum absolute atomic E-state index is 12.7. The Bertz CT molecular complexity index is 930. The monoisotopic (exact) mass is 385 g/mol. The molecule has 0 aliphatic rings. The first-order valence-electron chi connectivity index (χ1n) is 8.56. The fraction of sp³-hybridized carbons (Fsp3) is 0.300. The number of benzene rings is 2. The van der Waals surface area contributed by atoms with Gasteiger partial charge in [-0.3, -0.25) is 4.79 Å². The molecule has 0 aliphatic heterocycles. The first-order valence-corrected chi connectivity index (χ1v) is 10.0. The van der Waals surface area contributed by atoms with Gasteiger partial charge in [0.1, 0.15) is 0 Å². The Morgan fingerprint density at radius 1 is 1.15 bits per heavy atom. The Balaban J connectivity index is 2.12. The summed E-state index contributed by atoms with van der Waals surface area (Å²) in [7, 11) is -1.96. The standard InChI is InChI=1S/C20H23N3O3S/c1-15-5-7-17(8-6-15)16(2)23(3)20(24)18-9-11-19(12-10-18)27(25,26)22-14-4-13-21/h5-12,16,22H,4,14H2,1-3H3. The van der Waals surface area contributed by atoms with Crippen LogP contribution in [0.5, 0.6) is 0 Å². The SMILES string of the molecule is Cc1ccc(C(C)N(C)C(=O)c2ccc(S(=O)(=O)NCCC#N)cc2)cc1. The summed E-state index contributed by atoms with van der Waals surface area (Å²) in [6, 6.07) is 15.5. The zero-order valence-electron chi connectivity index (χ0n) is 15.6. The summed E-state index contributed by atoms with van der Waals surface area (Å²) in [6.45, 7) is 4.00. The zero-order chi connectivity index (χ0) is 20.0. The molecule has 0 saturated carbocycles. The van der Waals surface area contributed by atoms with Crippen molar-refractivity contribution in [3.05, 3.63) is 65.2 Å². The van der Waals surface area contributed by atoms with E-state index < -0.39 is 10.0 Å². The number of hydrogen-bond acceptors (Lipinski definition) is 4. The smallest absolute Gasteiger partial charge is 0.254 e. The lowest BCUT2D eigenvalue weighted by Crippen LogP contribution is -2.29. The highest BCUT2D eigenvalue weighted by atomic mass is 32.2. The zero-order valence-corrected chi connectivity index (χ0v) is 16.5. The van der Waals surface area contributed by atoms with Gasteiger partial charge in [-0.25, -0.2) is 13.1 Å². The number of carbonyl (C=O) groups excluding carboxylic acids is 1. The highest BCUT2D eigenvalue weighted by molar-refractivity contribution is 7.89. The van der Waals surface area contributed by atoms with Gasteiger partial charge in [-0.2, -0.15) is 5.26 Å². The van der Waals surface area contributed by atoms with E-state index >= 15 is 0 Å².